The van der Waals surface area contributed by atoms with Gasteiger partial charge in [0.1, 0.15) is 12.4 Å². The summed E-state index contributed by atoms with van der Waals surface area (Å²) in [5, 5.41) is 2.94. The maximum Gasteiger partial charge on any atom is 0.407 e. The van der Waals surface area contributed by atoms with Crippen LogP contribution in [0.1, 0.15) is 11.6 Å². The van der Waals surface area contributed by atoms with Crippen molar-refractivity contribution in [2.75, 3.05) is 6.61 Å². The maximum absolute atomic E-state index is 12.9. The highest BCUT2D eigenvalue weighted by Gasteiger charge is 2.25. The maximum atomic E-state index is 12.9. The van der Waals surface area contributed by atoms with Gasteiger partial charge >= 0.3 is 6.09 Å². The van der Waals surface area contributed by atoms with E-state index in [0.29, 0.717) is 10.6 Å². The summed E-state index contributed by atoms with van der Waals surface area (Å²) in [6.45, 7) is 0.183. The van der Waals surface area contributed by atoms with Gasteiger partial charge in [-0.15, -0.1) is 0 Å². The van der Waals surface area contributed by atoms with Crippen LogP contribution in [0.2, 0.25) is 5.02 Å². The molecule has 1 aliphatic rings. The second-order valence-electron chi connectivity index (χ2n) is 2.96. The Kier molecular flexibility index (Phi) is 2.29. The van der Waals surface area contributed by atoms with Crippen molar-refractivity contribution >= 4 is 17.7 Å². The molecule has 1 aliphatic heterocycles. The number of carbonyl (C=O) groups is 1. The number of benzene rings is 1. The molecule has 1 fully saturated rings. The first-order chi connectivity index (χ1) is 6.66. The number of carbonyl (C=O) groups excluding carboxylic acids is 1. The van der Waals surface area contributed by atoms with E-state index in [1.165, 1.54) is 18.2 Å². The SMILES string of the molecule is O=C1N[C@@H](c2cc(F)ccc2Cl)CO1. The predicted octanol–water partition coefficient (Wildman–Crippen LogP) is 2.26. The van der Waals surface area contributed by atoms with Crippen molar-refractivity contribution in [3.8, 4) is 0 Å². The lowest BCUT2D eigenvalue weighted by Crippen LogP contribution is -2.18. The smallest absolute Gasteiger partial charge is 0.407 e. The number of nitrogens with one attached hydrogen (secondary N) is 1. The van der Waals surface area contributed by atoms with Gasteiger partial charge in [-0.05, 0) is 23.8 Å². The largest absolute Gasteiger partial charge is 0.447 e. The number of hydrogen-bond acceptors (Lipinski definition) is 2. The second-order valence-corrected chi connectivity index (χ2v) is 3.37. The first-order valence-electron chi connectivity index (χ1n) is 4.05. The number of halogens is 2. The quantitative estimate of drug-likeness (QED) is 0.781. The lowest BCUT2D eigenvalue weighted by Gasteiger charge is -2.09. The molecule has 3 nitrogen and oxygen atoms in total. The molecule has 2 rings (SSSR count). The van der Waals surface area contributed by atoms with Crippen LogP contribution in [0.15, 0.2) is 18.2 Å². The summed E-state index contributed by atoms with van der Waals surface area (Å²) in [7, 11) is 0. The molecular weight excluding hydrogens is 209 g/mol. The van der Waals surface area contributed by atoms with Gasteiger partial charge in [0.05, 0.1) is 6.04 Å². The number of rotatable bonds is 1. The molecule has 74 valence electrons. The van der Waals surface area contributed by atoms with Crippen LogP contribution in [0, 0.1) is 5.82 Å². The minimum absolute atomic E-state index is 0.183. The summed E-state index contributed by atoms with van der Waals surface area (Å²) in [6, 6.07) is 3.66. The average Bonchev–Trinajstić information content (AvgIpc) is 2.56. The van der Waals surface area contributed by atoms with Crippen LogP contribution in [-0.4, -0.2) is 12.7 Å². The number of hydrogen-bond donors (Lipinski definition) is 1. The summed E-state index contributed by atoms with van der Waals surface area (Å²) in [6.07, 6.45) is -0.504. The molecule has 1 saturated heterocycles. The van der Waals surface area contributed by atoms with E-state index >= 15 is 0 Å². The van der Waals surface area contributed by atoms with Gasteiger partial charge < -0.3 is 10.1 Å². The van der Waals surface area contributed by atoms with Crippen LogP contribution in [-0.2, 0) is 4.74 Å². The highest BCUT2D eigenvalue weighted by molar-refractivity contribution is 6.31. The molecule has 1 amide bonds. The van der Waals surface area contributed by atoms with Crippen LogP contribution < -0.4 is 5.32 Å². The second kappa shape index (κ2) is 3.46. The summed E-state index contributed by atoms with van der Waals surface area (Å²) in [5.74, 6) is -0.384. The minimum Gasteiger partial charge on any atom is -0.447 e. The Morgan fingerprint density at radius 2 is 2.36 bits per heavy atom. The van der Waals surface area contributed by atoms with Gasteiger partial charge in [-0.2, -0.15) is 0 Å². The molecule has 1 heterocycles. The van der Waals surface area contributed by atoms with Crippen LogP contribution in [0.25, 0.3) is 0 Å². The van der Waals surface area contributed by atoms with Crippen molar-refractivity contribution in [1.82, 2.24) is 5.32 Å². The van der Waals surface area contributed by atoms with E-state index in [4.69, 9.17) is 11.6 Å². The van der Waals surface area contributed by atoms with E-state index in [1.54, 1.807) is 0 Å². The monoisotopic (exact) mass is 215 g/mol. The Hall–Kier alpha value is -1.29. The van der Waals surface area contributed by atoms with Crippen molar-refractivity contribution in [2.24, 2.45) is 0 Å². The minimum atomic E-state index is -0.504. The fourth-order valence-electron chi connectivity index (χ4n) is 1.33. The molecule has 1 N–H and O–H groups in total. The molecule has 1 aromatic rings. The zero-order chi connectivity index (χ0) is 10.1. The van der Waals surface area contributed by atoms with Gasteiger partial charge in [-0.3, -0.25) is 0 Å². The summed E-state index contributed by atoms with van der Waals surface area (Å²) in [5.41, 5.74) is 0.539. The highest BCUT2D eigenvalue weighted by atomic mass is 35.5. The molecule has 0 spiro atoms. The molecule has 1 atom stereocenters. The lowest BCUT2D eigenvalue weighted by atomic mass is 10.1. The molecule has 14 heavy (non-hydrogen) atoms. The molecule has 5 heteroatoms. The first kappa shape index (κ1) is 9.27. The molecule has 0 saturated carbocycles. The average molecular weight is 216 g/mol. The Bertz CT molecular complexity index is 383. The Morgan fingerprint density at radius 1 is 1.57 bits per heavy atom. The van der Waals surface area contributed by atoms with E-state index in [-0.39, 0.29) is 18.5 Å². The van der Waals surface area contributed by atoms with E-state index in [2.05, 4.69) is 10.1 Å². The van der Waals surface area contributed by atoms with Gasteiger partial charge in [0.2, 0.25) is 0 Å². The van der Waals surface area contributed by atoms with Crippen molar-refractivity contribution in [3.05, 3.63) is 34.6 Å². The van der Waals surface area contributed by atoms with Crippen LogP contribution in [0.4, 0.5) is 9.18 Å². The fraction of sp³-hybridized carbons (Fsp3) is 0.222. The Morgan fingerprint density at radius 3 is 3.00 bits per heavy atom. The summed E-state index contributed by atoms with van der Waals surface area (Å²) in [4.78, 5) is 10.8. The topological polar surface area (TPSA) is 38.3 Å². The van der Waals surface area contributed by atoms with Gasteiger partial charge in [0, 0.05) is 5.02 Å². The van der Waals surface area contributed by atoms with Crippen LogP contribution >= 0.6 is 11.6 Å². The van der Waals surface area contributed by atoms with E-state index in [1.807, 2.05) is 0 Å². The van der Waals surface area contributed by atoms with Gasteiger partial charge in [-0.25, -0.2) is 9.18 Å². The molecule has 0 aromatic heterocycles. The number of alkyl carbamates (subject to hydrolysis) is 1. The van der Waals surface area contributed by atoms with Gasteiger partial charge in [-0.1, -0.05) is 11.6 Å². The van der Waals surface area contributed by atoms with Gasteiger partial charge in [0.15, 0.2) is 0 Å². The molecule has 1 aromatic carbocycles. The zero-order valence-corrected chi connectivity index (χ0v) is 7.84. The molecular formula is C9H7ClFNO2. The van der Waals surface area contributed by atoms with Gasteiger partial charge in [0.25, 0.3) is 0 Å². The molecule has 0 bridgehead atoms. The summed E-state index contributed by atoms with van der Waals surface area (Å²) >= 11 is 5.85. The Balaban J connectivity index is 2.31. The van der Waals surface area contributed by atoms with Crippen LogP contribution in [0.3, 0.4) is 0 Å². The van der Waals surface area contributed by atoms with Crippen molar-refractivity contribution in [1.29, 1.82) is 0 Å². The molecule has 0 unspecified atom stereocenters. The van der Waals surface area contributed by atoms with E-state index in [9.17, 15) is 9.18 Å². The van der Waals surface area contributed by atoms with E-state index < -0.39 is 6.09 Å². The molecule has 0 radical (unpaired) electrons. The number of amides is 1. The van der Waals surface area contributed by atoms with Crippen molar-refractivity contribution in [3.63, 3.8) is 0 Å². The highest BCUT2D eigenvalue weighted by Crippen LogP contribution is 2.26. The third kappa shape index (κ3) is 1.65. The van der Waals surface area contributed by atoms with Crippen molar-refractivity contribution < 1.29 is 13.9 Å². The fourth-order valence-corrected chi connectivity index (χ4v) is 1.58. The Labute approximate surface area is 84.8 Å². The number of cyclic esters (lactones) is 1. The third-order valence-electron chi connectivity index (χ3n) is 2.01. The van der Waals surface area contributed by atoms with Crippen LogP contribution in [0.5, 0.6) is 0 Å². The predicted molar refractivity (Wildman–Crippen MR) is 48.6 cm³/mol. The number of ether oxygens (including phenoxy) is 1. The summed E-state index contributed by atoms with van der Waals surface area (Å²) < 4.78 is 17.6. The lowest BCUT2D eigenvalue weighted by molar-refractivity contribution is 0.177. The zero-order valence-electron chi connectivity index (χ0n) is 7.09. The van der Waals surface area contributed by atoms with E-state index in [0.717, 1.165) is 0 Å². The first-order valence-corrected chi connectivity index (χ1v) is 4.43. The normalized spacial score (nSPS) is 20.4. The molecule has 0 aliphatic carbocycles. The third-order valence-corrected chi connectivity index (χ3v) is 2.35. The van der Waals surface area contributed by atoms with Crippen molar-refractivity contribution in [2.45, 2.75) is 6.04 Å². The standard InChI is InChI=1S/C9H7ClFNO2/c10-7-2-1-5(11)3-6(7)8-4-14-9(13)12-8/h1-3,8H,4H2,(H,12,13)/t8-/m1/s1.